The molecule has 0 bridgehead atoms. The zero-order valence-corrected chi connectivity index (χ0v) is 16.4. The smallest absolute Gasteiger partial charge is 0.354 e. The normalized spacial score (nSPS) is 15.9. The zero-order valence-electron chi connectivity index (χ0n) is 15.6. The highest BCUT2D eigenvalue weighted by molar-refractivity contribution is 7.92. The monoisotopic (exact) mass is 426 g/mol. The molecule has 156 valence electrons. The molecule has 10 heteroatoms. The third-order valence-electron chi connectivity index (χ3n) is 4.58. The minimum atomic E-state index is -4.52. The molecule has 0 saturated carbocycles. The second-order valence-electron chi connectivity index (χ2n) is 6.61. The van der Waals surface area contributed by atoms with Gasteiger partial charge in [0.15, 0.2) is 0 Å². The molecule has 29 heavy (non-hydrogen) atoms. The van der Waals surface area contributed by atoms with Gasteiger partial charge >= 0.3 is 6.18 Å². The maximum absolute atomic E-state index is 12.6. The third kappa shape index (κ3) is 5.27. The highest BCUT2D eigenvalue weighted by Crippen LogP contribution is 2.30. The average Bonchev–Trinajstić information content (AvgIpc) is 2.69. The molecular formula is C19H21F3N4O2S. The first-order chi connectivity index (χ1) is 13.7. The molecule has 2 heterocycles. The quantitative estimate of drug-likeness (QED) is 0.719. The van der Waals surface area contributed by atoms with Gasteiger partial charge in [0.1, 0.15) is 5.82 Å². The van der Waals surface area contributed by atoms with Gasteiger partial charge in [-0.15, -0.1) is 6.58 Å². The minimum Gasteiger partial charge on any atom is -0.354 e. The highest BCUT2D eigenvalue weighted by Gasteiger charge is 2.30. The molecule has 1 N–H and O–H groups in total. The van der Waals surface area contributed by atoms with Crippen molar-refractivity contribution in [2.75, 3.05) is 42.3 Å². The summed E-state index contributed by atoms with van der Waals surface area (Å²) >= 11 is 0. The van der Waals surface area contributed by atoms with Crippen molar-refractivity contribution in [1.29, 1.82) is 0 Å². The van der Waals surface area contributed by atoms with Gasteiger partial charge in [0, 0.05) is 32.7 Å². The van der Waals surface area contributed by atoms with E-state index in [4.69, 9.17) is 0 Å². The van der Waals surface area contributed by atoms with Crippen LogP contribution in [0.1, 0.15) is 5.56 Å². The molecule has 1 fully saturated rings. The third-order valence-corrected chi connectivity index (χ3v) is 5.97. The Kier molecular flexibility index (Phi) is 6.13. The van der Waals surface area contributed by atoms with Gasteiger partial charge in [0.25, 0.3) is 10.0 Å². The van der Waals surface area contributed by atoms with Gasteiger partial charge in [-0.1, -0.05) is 6.08 Å². The van der Waals surface area contributed by atoms with E-state index in [0.717, 1.165) is 62.8 Å². The standard InChI is InChI=1S/C19H21F3N4O2S/c1-2-9-25-10-12-26(13-11-25)18-8-5-16(14-23-18)24-29(27,28)17-6-3-15(4-7-17)19(20,21)22/h2-8,14,24H,1,9-13H2. The van der Waals surface area contributed by atoms with Gasteiger partial charge in [-0.25, -0.2) is 13.4 Å². The molecule has 0 amide bonds. The van der Waals surface area contributed by atoms with Crippen molar-refractivity contribution in [3.63, 3.8) is 0 Å². The molecule has 1 aromatic heterocycles. The number of aromatic nitrogens is 1. The predicted octanol–water partition coefficient (Wildman–Crippen LogP) is 3.21. The lowest BCUT2D eigenvalue weighted by atomic mass is 10.2. The van der Waals surface area contributed by atoms with Gasteiger partial charge in [0.2, 0.25) is 0 Å². The fraction of sp³-hybridized carbons (Fsp3) is 0.316. The van der Waals surface area contributed by atoms with E-state index < -0.39 is 21.8 Å². The van der Waals surface area contributed by atoms with E-state index >= 15 is 0 Å². The molecule has 0 spiro atoms. The second-order valence-corrected chi connectivity index (χ2v) is 8.29. The average molecular weight is 426 g/mol. The summed E-state index contributed by atoms with van der Waals surface area (Å²) in [6, 6.07) is 6.63. The van der Waals surface area contributed by atoms with Crippen LogP contribution in [0.4, 0.5) is 24.7 Å². The maximum Gasteiger partial charge on any atom is 0.416 e. The minimum absolute atomic E-state index is 0.235. The number of nitrogens with zero attached hydrogens (tertiary/aromatic N) is 3. The fourth-order valence-corrected chi connectivity index (χ4v) is 4.06. The first kappa shape index (κ1) is 21.1. The van der Waals surface area contributed by atoms with Crippen LogP contribution in [-0.4, -0.2) is 51.0 Å². The van der Waals surface area contributed by atoms with Crippen molar-refractivity contribution in [1.82, 2.24) is 9.88 Å². The van der Waals surface area contributed by atoms with Crippen LogP contribution in [0.25, 0.3) is 0 Å². The maximum atomic E-state index is 12.6. The number of hydrogen-bond acceptors (Lipinski definition) is 5. The summed E-state index contributed by atoms with van der Waals surface area (Å²) in [4.78, 5) is 8.43. The molecule has 1 aromatic carbocycles. The summed E-state index contributed by atoms with van der Waals surface area (Å²) in [7, 11) is -4.01. The Morgan fingerprint density at radius 3 is 2.24 bits per heavy atom. The van der Waals surface area contributed by atoms with E-state index in [9.17, 15) is 21.6 Å². The molecule has 2 aromatic rings. The number of hydrogen-bond donors (Lipinski definition) is 1. The first-order valence-corrected chi connectivity index (χ1v) is 10.4. The molecular weight excluding hydrogens is 405 g/mol. The van der Waals surface area contributed by atoms with Gasteiger partial charge in [0.05, 0.1) is 22.3 Å². The molecule has 0 aliphatic carbocycles. The number of pyridine rings is 1. The lowest BCUT2D eigenvalue weighted by molar-refractivity contribution is -0.137. The van der Waals surface area contributed by atoms with Gasteiger partial charge in [-0.2, -0.15) is 13.2 Å². The van der Waals surface area contributed by atoms with Crippen LogP contribution in [-0.2, 0) is 16.2 Å². The van der Waals surface area contributed by atoms with Crippen molar-refractivity contribution in [3.05, 3.63) is 60.8 Å². The number of alkyl halides is 3. The molecule has 1 aliphatic heterocycles. The Balaban J connectivity index is 1.65. The Labute approximate surface area is 167 Å². The molecule has 0 unspecified atom stereocenters. The Morgan fingerprint density at radius 1 is 1.07 bits per heavy atom. The van der Waals surface area contributed by atoms with Crippen molar-refractivity contribution in [2.24, 2.45) is 0 Å². The first-order valence-electron chi connectivity index (χ1n) is 8.93. The number of halogens is 3. The summed E-state index contributed by atoms with van der Waals surface area (Å²) in [6.07, 6.45) is -1.26. The van der Waals surface area contributed by atoms with Gasteiger partial charge < -0.3 is 4.90 Å². The topological polar surface area (TPSA) is 65.5 Å². The van der Waals surface area contributed by atoms with Crippen LogP contribution in [0.15, 0.2) is 60.1 Å². The fourth-order valence-electron chi connectivity index (χ4n) is 3.01. The van der Waals surface area contributed by atoms with Crippen molar-refractivity contribution < 1.29 is 21.6 Å². The van der Waals surface area contributed by atoms with E-state index in [1.165, 1.54) is 6.20 Å². The molecule has 6 nitrogen and oxygen atoms in total. The highest BCUT2D eigenvalue weighted by atomic mass is 32.2. The molecule has 1 saturated heterocycles. The van der Waals surface area contributed by atoms with Crippen molar-refractivity contribution in [3.8, 4) is 0 Å². The van der Waals surface area contributed by atoms with Crippen LogP contribution in [0.3, 0.4) is 0 Å². The Morgan fingerprint density at radius 2 is 1.72 bits per heavy atom. The molecule has 3 rings (SSSR count). The van der Waals surface area contributed by atoms with Crippen LogP contribution in [0.2, 0.25) is 0 Å². The summed E-state index contributed by atoms with van der Waals surface area (Å²) in [5.74, 6) is 0.737. The number of sulfonamides is 1. The van der Waals surface area contributed by atoms with Gasteiger partial charge in [-0.3, -0.25) is 9.62 Å². The van der Waals surface area contributed by atoms with E-state index in [-0.39, 0.29) is 10.6 Å². The summed E-state index contributed by atoms with van der Waals surface area (Å²) in [6.45, 7) is 7.95. The van der Waals surface area contributed by atoms with E-state index in [0.29, 0.717) is 0 Å². The van der Waals surface area contributed by atoms with Gasteiger partial charge in [-0.05, 0) is 36.4 Å². The number of anilines is 2. The lowest BCUT2D eigenvalue weighted by Gasteiger charge is -2.34. The Hall–Kier alpha value is -2.59. The summed E-state index contributed by atoms with van der Waals surface area (Å²) in [5.41, 5.74) is -0.672. The van der Waals surface area contributed by atoms with Crippen LogP contribution < -0.4 is 9.62 Å². The van der Waals surface area contributed by atoms with Crippen LogP contribution in [0, 0.1) is 0 Å². The van der Waals surface area contributed by atoms with Crippen LogP contribution >= 0.6 is 0 Å². The molecule has 0 radical (unpaired) electrons. The number of nitrogens with one attached hydrogen (secondary N) is 1. The van der Waals surface area contributed by atoms with E-state index in [1.54, 1.807) is 12.1 Å². The molecule has 1 aliphatic rings. The van der Waals surface area contributed by atoms with Crippen molar-refractivity contribution >= 4 is 21.5 Å². The molecule has 0 atom stereocenters. The number of piperazine rings is 1. The van der Waals surface area contributed by atoms with E-state index in [2.05, 4.69) is 26.1 Å². The largest absolute Gasteiger partial charge is 0.416 e. The summed E-state index contributed by atoms with van der Waals surface area (Å²) in [5, 5.41) is 0. The summed E-state index contributed by atoms with van der Waals surface area (Å²) < 4.78 is 65.0. The number of rotatable bonds is 6. The van der Waals surface area contributed by atoms with Crippen molar-refractivity contribution in [2.45, 2.75) is 11.1 Å². The SMILES string of the molecule is C=CCN1CCN(c2ccc(NS(=O)(=O)c3ccc(C(F)(F)F)cc3)cn2)CC1. The number of benzene rings is 1. The van der Waals surface area contributed by atoms with Crippen LogP contribution in [0.5, 0.6) is 0 Å². The Bertz CT molecular complexity index is 937. The van der Waals surface area contributed by atoms with E-state index in [1.807, 2.05) is 6.08 Å². The lowest BCUT2D eigenvalue weighted by Crippen LogP contribution is -2.46. The second kappa shape index (κ2) is 8.42. The zero-order chi connectivity index (χ0) is 21.1. The predicted molar refractivity (Wildman–Crippen MR) is 105 cm³/mol.